The molecule has 0 aliphatic carbocycles. The van der Waals surface area contributed by atoms with E-state index < -0.39 is 47.0 Å². The number of carbonyl (C=O) groups is 2. The fourth-order valence-corrected chi connectivity index (χ4v) is 2.95. The van der Waals surface area contributed by atoms with Gasteiger partial charge in [-0.05, 0) is 24.6 Å². The minimum absolute atomic E-state index is 0.0466. The van der Waals surface area contributed by atoms with Crippen molar-refractivity contribution >= 4 is 34.8 Å². The van der Waals surface area contributed by atoms with Crippen molar-refractivity contribution < 1.29 is 41.0 Å². The molecule has 0 aromatic heterocycles. The second-order valence-electron chi connectivity index (χ2n) is 5.66. The highest BCUT2D eigenvalue weighted by molar-refractivity contribution is 7.80. The number of carboxylic acids is 1. The predicted molar refractivity (Wildman–Crippen MR) is 81.5 cm³/mol. The Hall–Kier alpha value is -2.17. The molecule has 0 radical (unpaired) electrons. The Bertz CT molecular complexity index is 726. The largest absolute Gasteiger partial charge is 0.481 e. The highest BCUT2D eigenvalue weighted by Gasteiger charge is 2.41. The molecule has 11 heteroatoms. The second-order valence-corrected chi connectivity index (χ2v) is 6.14. The van der Waals surface area contributed by atoms with Gasteiger partial charge in [0.2, 0.25) is 5.91 Å². The number of amides is 1. The van der Waals surface area contributed by atoms with E-state index in [1.54, 1.807) is 0 Å². The Balaban J connectivity index is 2.45. The number of carboxylic acid groups (broad SMARTS) is 1. The monoisotopic (exact) mass is 399 g/mol. The zero-order valence-electron chi connectivity index (χ0n) is 12.8. The number of nitrogens with zero attached hydrogens (tertiary/aromatic N) is 1. The third kappa shape index (κ3) is 4.32. The Morgan fingerprint density at radius 1 is 1.12 bits per heavy atom. The molecule has 1 aromatic rings. The van der Waals surface area contributed by atoms with Crippen molar-refractivity contribution in [1.29, 1.82) is 0 Å². The number of anilines is 1. The lowest BCUT2D eigenvalue weighted by atomic mass is 10.0. The van der Waals surface area contributed by atoms with E-state index in [2.05, 4.69) is 0 Å². The zero-order chi connectivity index (χ0) is 19.9. The zero-order valence-corrected chi connectivity index (χ0v) is 13.6. The normalized spacial score (nSPS) is 18.5. The van der Waals surface area contributed by atoms with Gasteiger partial charge in [-0.3, -0.25) is 14.5 Å². The Morgan fingerprint density at radius 3 is 2.04 bits per heavy atom. The van der Waals surface area contributed by atoms with Gasteiger partial charge < -0.3 is 5.11 Å². The Kier molecular flexibility index (Phi) is 5.31. The summed E-state index contributed by atoms with van der Waals surface area (Å²) in [5, 5.41) is 8.65. The van der Waals surface area contributed by atoms with Crippen molar-refractivity contribution in [2.75, 3.05) is 4.90 Å². The lowest BCUT2D eigenvalue weighted by Crippen LogP contribution is -2.30. The quantitative estimate of drug-likeness (QED) is 0.607. The van der Waals surface area contributed by atoms with Crippen LogP contribution in [-0.4, -0.2) is 22.0 Å². The molecule has 1 atom stereocenters. The molecule has 1 aromatic carbocycles. The van der Waals surface area contributed by atoms with Gasteiger partial charge in [0.1, 0.15) is 0 Å². The second kappa shape index (κ2) is 6.86. The Labute approximate surface area is 148 Å². The fraction of sp³-hybridized carbons (Fsp3) is 0.400. The van der Waals surface area contributed by atoms with Gasteiger partial charge in [-0.1, -0.05) is 12.2 Å². The SMILES string of the molecule is O=C(O)CCC1CC(=S)N(c2cc(C(F)(F)F)cc(C(F)(F)F)c2)C1=O. The van der Waals surface area contributed by atoms with E-state index in [0.717, 1.165) is 0 Å². The van der Waals surface area contributed by atoms with Crippen molar-refractivity contribution in [3.63, 3.8) is 0 Å². The number of rotatable bonds is 4. The van der Waals surface area contributed by atoms with Gasteiger partial charge in [0.25, 0.3) is 0 Å². The molecule has 1 saturated heterocycles. The molecular weight excluding hydrogens is 388 g/mol. The van der Waals surface area contributed by atoms with Crippen molar-refractivity contribution in [2.24, 2.45) is 5.92 Å². The maximum atomic E-state index is 12.9. The predicted octanol–water partition coefficient (Wildman–Crippen LogP) is 4.27. The summed E-state index contributed by atoms with van der Waals surface area (Å²) >= 11 is 4.93. The van der Waals surface area contributed by atoms with Crippen LogP contribution >= 0.6 is 12.2 Å². The van der Waals surface area contributed by atoms with Crippen molar-refractivity contribution in [3.8, 4) is 0 Å². The van der Waals surface area contributed by atoms with Crippen LogP contribution in [0.3, 0.4) is 0 Å². The molecule has 0 spiro atoms. The third-order valence-corrected chi connectivity index (χ3v) is 4.13. The first kappa shape index (κ1) is 20.1. The molecule has 1 aliphatic rings. The van der Waals surface area contributed by atoms with E-state index in [-0.39, 0.29) is 30.3 Å². The van der Waals surface area contributed by atoms with Crippen LogP contribution in [0.2, 0.25) is 0 Å². The number of alkyl halides is 6. The molecule has 1 amide bonds. The van der Waals surface area contributed by atoms with Crippen LogP contribution in [0.25, 0.3) is 0 Å². The van der Waals surface area contributed by atoms with E-state index in [1.165, 1.54) is 0 Å². The van der Waals surface area contributed by atoms with E-state index >= 15 is 0 Å². The first-order valence-electron chi connectivity index (χ1n) is 7.19. The first-order valence-corrected chi connectivity index (χ1v) is 7.59. The average Bonchev–Trinajstić information content (AvgIpc) is 2.77. The van der Waals surface area contributed by atoms with E-state index in [4.69, 9.17) is 17.3 Å². The molecule has 142 valence electrons. The summed E-state index contributed by atoms with van der Waals surface area (Å²) in [6, 6.07) is 0.785. The van der Waals surface area contributed by atoms with E-state index in [0.29, 0.717) is 17.0 Å². The molecule has 1 heterocycles. The van der Waals surface area contributed by atoms with Crippen LogP contribution in [-0.2, 0) is 21.9 Å². The molecule has 1 fully saturated rings. The van der Waals surface area contributed by atoms with Gasteiger partial charge in [-0.15, -0.1) is 0 Å². The number of hydrogen-bond acceptors (Lipinski definition) is 3. The molecular formula is C15H11F6NO3S. The summed E-state index contributed by atoms with van der Waals surface area (Å²) in [4.78, 5) is 23.4. The maximum Gasteiger partial charge on any atom is 0.416 e. The summed E-state index contributed by atoms with van der Waals surface area (Å²) in [5.74, 6) is -2.90. The lowest BCUT2D eigenvalue weighted by Gasteiger charge is -2.20. The molecule has 0 bridgehead atoms. The number of halogens is 6. The van der Waals surface area contributed by atoms with Gasteiger partial charge in [0, 0.05) is 18.8 Å². The lowest BCUT2D eigenvalue weighted by molar-refractivity contribution is -0.143. The minimum Gasteiger partial charge on any atom is -0.481 e. The number of thiocarbonyl (C=S) groups is 1. The molecule has 1 aliphatic heterocycles. The smallest absolute Gasteiger partial charge is 0.416 e. The maximum absolute atomic E-state index is 12.9. The van der Waals surface area contributed by atoms with Crippen LogP contribution in [0.1, 0.15) is 30.4 Å². The minimum atomic E-state index is -5.05. The van der Waals surface area contributed by atoms with Gasteiger partial charge in [0.15, 0.2) is 0 Å². The number of benzene rings is 1. The molecule has 2 rings (SSSR count). The van der Waals surface area contributed by atoms with Crippen molar-refractivity contribution in [1.82, 2.24) is 0 Å². The third-order valence-electron chi connectivity index (χ3n) is 3.78. The van der Waals surface area contributed by atoms with Crippen LogP contribution in [0.15, 0.2) is 18.2 Å². The highest BCUT2D eigenvalue weighted by atomic mass is 32.1. The summed E-state index contributed by atoms with van der Waals surface area (Å²) < 4.78 is 77.6. The van der Waals surface area contributed by atoms with E-state index in [1.807, 2.05) is 0 Å². The average molecular weight is 399 g/mol. The molecule has 0 saturated carbocycles. The topological polar surface area (TPSA) is 57.6 Å². The van der Waals surface area contributed by atoms with Crippen LogP contribution in [0.4, 0.5) is 32.0 Å². The molecule has 1 N–H and O–H groups in total. The van der Waals surface area contributed by atoms with Crippen molar-refractivity contribution in [3.05, 3.63) is 29.3 Å². The summed E-state index contributed by atoms with van der Waals surface area (Å²) in [6.45, 7) is 0. The van der Waals surface area contributed by atoms with E-state index in [9.17, 15) is 35.9 Å². The van der Waals surface area contributed by atoms with Crippen LogP contribution in [0.5, 0.6) is 0 Å². The highest BCUT2D eigenvalue weighted by Crippen LogP contribution is 2.40. The molecule has 26 heavy (non-hydrogen) atoms. The van der Waals surface area contributed by atoms with Gasteiger partial charge in [0.05, 0.1) is 21.8 Å². The molecule has 1 unspecified atom stereocenters. The van der Waals surface area contributed by atoms with Gasteiger partial charge in [-0.2, -0.15) is 26.3 Å². The van der Waals surface area contributed by atoms with Crippen LogP contribution < -0.4 is 4.90 Å². The van der Waals surface area contributed by atoms with Gasteiger partial charge >= 0.3 is 18.3 Å². The number of aliphatic carboxylic acids is 1. The number of hydrogen-bond donors (Lipinski definition) is 1. The summed E-state index contributed by atoms with van der Waals surface area (Å²) in [5.41, 5.74) is -3.77. The molecule has 4 nitrogen and oxygen atoms in total. The Morgan fingerprint density at radius 2 is 1.62 bits per heavy atom. The first-order chi connectivity index (χ1) is 11.8. The van der Waals surface area contributed by atoms with Gasteiger partial charge in [-0.25, -0.2) is 0 Å². The standard InChI is InChI=1S/C15H11F6NO3S/c16-14(17,18)8-4-9(15(19,20)21)6-10(5-8)22-11(26)3-7(13(22)25)1-2-12(23)24/h4-7H,1-3H2,(H,23,24). The van der Waals surface area contributed by atoms with Crippen LogP contribution in [0, 0.1) is 5.92 Å². The van der Waals surface area contributed by atoms with Crippen molar-refractivity contribution in [2.45, 2.75) is 31.6 Å². The summed E-state index contributed by atoms with van der Waals surface area (Å²) in [7, 11) is 0. The number of carbonyl (C=O) groups excluding carboxylic acids is 1. The summed E-state index contributed by atoms with van der Waals surface area (Å²) in [6.07, 6.45) is -10.7. The fourth-order valence-electron chi connectivity index (χ4n) is 2.56.